The Kier molecular flexibility index (Phi) is 5.53. The number of unbranched alkanes of at least 4 members (excludes halogenated alkanes) is 1. The first-order chi connectivity index (χ1) is 13.3. The summed E-state index contributed by atoms with van der Waals surface area (Å²) < 4.78 is 0. The lowest BCUT2D eigenvalue weighted by Gasteiger charge is -2.26. The molecule has 0 atom stereocenters. The SMILES string of the molecule is O=C(CCCCN1CCCCC1)Nc1cc(-c2ccc3[nH]ccc3c2)[nH]n1. The van der Waals surface area contributed by atoms with Gasteiger partial charge in [-0.1, -0.05) is 12.5 Å². The maximum Gasteiger partial charge on any atom is 0.225 e. The second-order valence-electron chi connectivity index (χ2n) is 7.35. The second kappa shape index (κ2) is 8.39. The highest BCUT2D eigenvalue weighted by molar-refractivity contribution is 5.90. The van der Waals surface area contributed by atoms with Gasteiger partial charge in [0, 0.05) is 35.2 Å². The minimum absolute atomic E-state index is 0.0350. The van der Waals surface area contributed by atoms with Crippen molar-refractivity contribution in [2.75, 3.05) is 25.0 Å². The Morgan fingerprint density at radius 1 is 1.11 bits per heavy atom. The number of anilines is 1. The Balaban J connectivity index is 1.25. The van der Waals surface area contributed by atoms with Gasteiger partial charge in [0.15, 0.2) is 5.82 Å². The van der Waals surface area contributed by atoms with Crippen LogP contribution < -0.4 is 5.32 Å². The number of nitrogens with zero attached hydrogens (tertiary/aromatic N) is 2. The van der Waals surface area contributed by atoms with Crippen molar-refractivity contribution in [1.29, 1.82) is 0 Å². The zero-order valence-corrected chi connectivity index (χ0v) is 15.6. The van der Waals surface area contributed by atoms with E-state index in [0.717, 1.165) is 41.5 Å². The molecule has 0 aliphatic carbocycles. The van der Waals surface area contributed by atoms with Crippen LogP contribution in [0.1, 0.15) is 38.5 Å². The van der Waals surface area contributed by atoms with E-state index >= 15 is 0 Å². The number of H-pyrrole nitrogens is 2. The van der Waals surface area contributed by atoms with Gasteiger partial charge in [-0.05, 0) is 63.5 Å². The highest BCUT2D eigenvalue weighted by Crippen LogP contribution is 2.24. The van der Waals surface area contributed by atoms with E-state index in [1.807, 2.05) is 30.5 Å². The average Bonchev–Trinajstić information content (AvgIpc) is 3.34. The number of piperidine rings is 1. The third-order valence-electron chi connectivity index (χ3n) is 5.29. The number of fused-ring (bicyclic) bond motifs is 1. The van der Waals surface area contributed by atoms with E-state index < -0.39 is 0 Å². The van der Waals surface area contributed by atoms with Crippen LogP contribution in [0.15, 0.2) is 36.5 Å². The van der Waals surface area contributed by atoms with Crippen molar-refractivity contribution in [3.63, 3.8) is 0 Å². The lowest BCUT2D eigenvalue weighted by Crippen LogP contribution is -2.30. The van der Waals surface area contributed by atoms with E-state index in [1.54, 1.807) is 0 Å². The van der Waals surface area contributed by atoms with Crippen molar-refractivity contribution in [3.8, 4) is 11.3 Å². The van der Waals surface area contributed by atoms with Crippen molar-refractivity contribution < 1.29 is 4.79 Å². The molecule has 4 rings (SSSR count). The first-order valence-electron chi connectivity index (χ1n) is 9.93. The molecule has 0 radical (unpaired) electrons. The summed E-state index contributed by atoms with van der Waals surface area (Å²) in [6, 6.07) is 10.1. The van der Waals surface area contributed by atoms with Crippen LogP contribution in [-0.4, -0.2) is 45.6 Å². The molecule has 0 saturated carbocycles. The third-order valence-corrected chi connectivity index (χ3v) is 5.29. The van der Waals surface area contributed by atoms with Crippen LogP contribution in [0.2, 0.25) is 0 Å². The fourth-order valence-corrected chi connectivity index (χ4v) is 3.76. The van der Waals surface area contributed by atoms with E-state index in [0.29, 0.717) is 12.2 Å². The Labute approximate surface area is 159 Å². The van der Waals surface area contributed by atoms with Gasteiger partial charge in [-0.15, -0.1) is 0 Å². The molecule has 1 saturated heterocycles. The highest BCUT2D eigenvalue weighted by atomic mass is 16.1. The predicted molar refractivity (Wildman–Crippen MR) is 109 cm³/mol. The van der Waals surface area contributed by atoms with Crippen molar-refractivity contribution in [3.05, 3.63) is 36.5 Å². The zero-order chi connectivity index (χ0) is 18.5. The number of hydrogen-bond donors (Lipinski definition) is 3. The Hall–Kier alpha value is -2.60. The van der Waals surface area contributed by atoms with Gasteiger partial charge in [-0.3, -0.25) is 9.89 Å². The molecule has 1 amide bonds. The number of aromatic amines is 2. The molecule has 0 unspecified atom stereocenters. The maximum absolute atomic E-state index is 12.2. The molecular formula is C21H27N5O. The Bertz CT molecular complexity index is 891. The molecule has 27 heavy (non-hydrogen) atoms. The summed E-state index contributed by atoms with van der Waals surface area (Å²) in [4.78, 5) is 17.9. The minimum Gasteiger partial charge on any atom is -0.361 e. The van der Waals surface area contributed by atoms with Crippen LogP contribution in [0.25, 0.3) is 22.2 Å². The Morgan fingerprint density at radius 2 is 2.00 bits per heavy atom. The molecule has 0 bridgehead atoms. The van der Waals surface area contributed by atoms with Gasteiger partial charge in [-0.2, -0.15) is 5.10 Å². The van der Waals surface area contributed by atoms with E-state index in [4.69, 9.17) is 0 Å². The summed E-state index contributed by atoms with van der Waals surface area (Å²) in [7, 11) is 0. The van der Waals surface area contributed by atoms with E-state index in [9.17, 15) is 4.79 Å². The topological polar surface area (TPSA) is 76.8 Å². The summed E-state index contributed by atoms with van der Waals surface area (Å²) >= 11 is 0. The third kappa shape index (κ3) is 4.57. The number of hydrogen-bond acceptors (Lipinski definition) is 3. The molecule has 0 spiro atoms. The van der Waals surface area contributed by atoms with Crippen LogP contribution in [0.4, 0.5) is 5.82 Å². The second-order valence-corrected chi connectivity index (χ2v) is 7.35. The molecule has 2 aromatic heterocycles. The molecule has 1 aromatic carbocycles. The lowest BCUT2D eigenvalue weighted by atomic mass is 10.1. The molecule has 1 aliphatic rings. The Morgan fingerprint density at radius 3 is 2.89 bits per heavy atom. The average molecular weight is 365 g/mol. The van der Waals surface area contributed by atoms with Crippen molar-refractivity contribution in [2.24, 2.45) is 0 Å². The summed E-state index contributed by atoms with van der Waals surface area (Å²) in [5.41, 5.74) is 3.06. The maximum atomic E-state index is 12.2. The zero-order valence-electron chi connectivity index (χ0n) is 15.6. The van der Waals surface area contributed by atoms with Gasteiger partial charge >= 0.3 is 0 Å². The fraction of sp³-hybridized carbons (Fsp3) is 0.429. The van der Waals surface area contributed by atoms with Crippen LogP contribution in [0.3, 0.4) is 0 Å². The summed E-state index contributed by atoms with van der Waals surface area (Å²) in [6.07, 6.45) is 8.48. The minimum atomic E-state index is 0.0350. The molecule has 3 heterocycles. The monoisotopic (exact) mass is 365 g/mol. The fourth-order valence-electron chi connectivity index (χ4n) is 3.76. The number of likely N-dealkylation sites (tertiary alicyclic amines) is 1. The summed E-state index contributed by atoms with van der Waals surface area (Å²) in [5, 5.41) is 11.3. The number of aromatic nitrogens is 3. The smallest absolute Gasteiger partial charge is 0.225 e. The summed E-state index contributed by atoms with van der Waals surface area (Å²) in [5.74, 6) is 0.618. The number of nitrogens with one attached hydrogen (secondary N) is 3. The van der Waals surface area contributed by atoms with Crippen molar-refractivity contribution in [1.82, 2.24) is 20.1 Å². The first-order valence-corrected chi connectivity index (χ1v) is 9.93. The molecule has 6 nitrogen and oxygen atoms in total. The largest absolute Gasteiger partial charge is 0.361 e. The van der Waals surface area contributed by atoms with Gasteiger partial charge in [0.25, 0.3) is 0 Å². The number of amides is 1. The number of rotatable bonds is 7. The lowest BCUT2D eigenvalue weighted by molar-refractivity contribution is -0.116. The first kappa shape index (κ1) is 17.8. The van der Waals surface area contributed by atoms with Gasteiger partial charge in [0.1, 0.15) is 0 Å². The van der Waals surface area contributed by atoms with Crippen LogP contribution in [0.5, 0.6) is 0 Å². The molecule has 142 valence electrons. The molecular weight excluding hydrogens is 338 g/mol. The van der Waals surface area contributed by atoms with Crippen LogP contribution in [0, 0.1) is 0 Å². The van der Waals surface area contributed by atoms with Gasteiger partial charge < -0.3 is 15.2 Å². The van der Waals surface area contributed by atoms with Gasteiger partial charge in [0.05, 0.1) is 5.69 Å². The molecule has 3 N–H and O–H groups in total. The standard InChI is InChI=1S/C21H27N5O/c27-21(6-2-5-13-26-11-3-1-4-12-26)23-20-15-19(24-25-20)16-7-8-18-17(14-16)9-10-22-18/h7-10,14-15,22H,1-6,11-13H2,(H2,23,24,25,27). The molecule has 3 aromatic rings. The van der Waals surface area contributed by atoms with Crippen molar-refractivity contribution in [2.45, 2.75) is 38.5 Å². The molecule has 1 aliphatic heterocycles. The van der Waals surface area contributed by atoms with Gasteiger partial charge in [-0.25, -0.2) is 0 Å². The van der Waals surface area contributed by atoms with Crippen LogP contribution >= 0.6 is 0 Å². The van der Waals surface area contributed by atoms with E-state index in [-0.39, 0.29) is 5.91 Å². The van der Waals surface area contributed by atoms with Gasteiger partial charge in [0.2, 0.25) is 5.91 Å². The normalized spacial score (nSPS) is 15.3. The number of carbonyl (C=O) groups excluding carboxylic acids is 1. The van der Waals surface area contributed by atoms with Crippen molar-refractivity contribution >= 4 is 22.6 Å². The quantitative estimate of drug-likeness (QED) is 0.550. The van der Waals surface area contributed by atoms with Crippen LogP contribution in [-0.2, 0) is 4.79 Å². The van der Waals surface area contributed by atoms with E-state index in [2.05, 4.69) is 31.5 Å². The van der Waals surface area contributed by atoms with E-state index in [1.165, 1.54) is 32.4 Å². The highest BCUT2D eigenvalue weighted by Gasteiger charge is 2.11. The number of benzene rings is 1. The number of carbonyl (C=O) groups is 1. The predicted octanol–water partition coefficient (Wildman–Crippen LogP) is 4.15. The summed E-state index contributed by atoms with van der Waals surface area (Å²) in [6.45, 7) is 3.55. The molecule has 6 heteroatoms. The molecule has 1 fully saturated rings.